The molecule has 1 aliphatic heterocycles. The molecule has 1 aliphatic rings. The minimum atomic E-state index is 0.613. The molecule has 86 valence electrons. The van der Waals surface area contributed by atoms with E-state index in [9.17, 15) is 0 Å². The summed E-state index contributed by atoms with van der Waals surface area (Å²) in [5, 5.41) is 4.36. The number of aliphatic imine (C=N–C) groups is 1. The van der Waals surface area contributed by atoms with Gasteiger partial charge in [0.05, 0.1) is 6.54 Å². The second kappa shape index (κ2) is 5.39. The van der Waals surface area contributed by atoms with E-state index in [4.69, 9.17) is 0 Å². The fourth-order valence-corrected chi connectivity index (χ4v) is 2.51. The average Bonchev–Trinajstić information content (AvgIpc) is 2.80. The Balaban J connectivity index is 1.89. The van der Waals surface area contributed by atoms with Crippen LogP contribution in [0.4, 0.5) is 0 Å². The average molecular weight is 234 g/mol. The van der Waals surface area contributed by atoms with Gasteiger partial charge >= 0.3 is 0 Å². The topological polar surface area (TPSA) is 24.4 Å². The maximum atomic E-state index is 4.37. The fourth-order valence-electron chi connectivity index (χ4n) is 1.62. The maximum Gasteiger partial charge on any atom is 0.157 e. The number of hydrogen-bond donors (Lipinski definition) is 1. The van der Waals surface area contributed by atoms with Crippen LogP contribution in [0.5, 0.6) is 0 Å². The zero-order valence-electron chi connectivity index (χ0n) is 9.86. The Bertz CT molecular complexity index is 368. The van der Waals surface area contributed by atoms with Crippen LogP contribution in [0, 0.1) is 0 Å². The lowest BCUT2D eigenvalue weighted by atomic mass is 10.0. The lowest BCUT2D eigenvalue weighted by Gasteiger charge is -2.06. The normalized spacial score (nSPS) is 15.1. The van der Waals surface area contributed by atoms with Crippen molar-refractivity contribution in [2.45, 2.75) is 25.5 Å². The number of amidine groups is 1. The molecule has 2 rings (SSSR count). The molecule has 0 amide bonds. The van der Waals surface area contributed by atoms with E-state index in [1.807, 2.05) is 0 Å². The molecule has 1 aromatic rings. The van der Waals surface area contributed by atoms with Crippen LogP contribution in [0.25, 0.3) is 0 Å². The quantitative estimate of drug-likeness (QED) is 0.869. The third-order valence-corrected chi connectivity index (χ3v) is 3.69. The van der Waals surface area contributed by atoms with Gasteiger partial charge in [0.15, 0.2) is 5.17 Å². The molecule has 0 spiro atoms. The van der Waals surface area contributed by atoms with Gasteiger partial charge in [-0.1, -0.05) is 49.9 Å². The van der Waals surface area contributed by atoms with Crippen LogP contribution in [0.1, 0.15) is 30.9 Å². The zero-order chi connectivity index (χ0) is 11.4. The molecule has 0 saturated heterocycles. The lowest BCUT2D eigenvalue weighted by molar-refractivity contribution is 0.866. The third kappa shape index (κ3) is 3.01. The van der Waals surface area contributed by atoms with E-state index in [2.05, 4.69) is 48.4 Å². The van der Waals surface area contributed by atoms with E-state index < -0.39 is 0 Å². The van der Waals surface area contributed by atoms with Crippen molar-refractivity contribution in [2.24, 2.45) is 4.99 Å². The molecular formula is C13H18N2S. The van der Waals surface area contributed by atoms with Gasteiger partial charge in [-0.25, -0.2) is 0 Å². The molecule has 0 aliphatic carbocycles. The predicted molar refractivity (Wildman–Crippen MR) is 72.1 cm³/mol. The molecule has 1 heterocycles. The molecule has 0 aromatic heterocycles. The van der Waals surface area contributed by atoms with Crippen LogP contribution in [-0.2, 0) is 5.75 Å². The van der Waals surface area contributed by atoms with Crippen molar-refractivity contribution in [3.05, 3.63) is 35.4 Å². The zero-order valence-corrected chi connectivity index (χ0v) is 10.7. The van der Waals surface area contributed by atoms with Crippen LogP contribution < -0.4 is 5.32 Å². The highest BCUT2D eigenvalue weighted by atomic mass is 32.2. The molecule has 0 bridgehead atoms. The van der Waals surface area contributed by atoms with Crippen LogP contribution in [-0.4, -0.2) is 18.3 Å². The monoisotopic (exact) mass is 234 g/mol. The number of nitrogens with zero attached hydrogens (tertiary/aromatic N) is 1. The van der Waals surface area contributed by atoms with Crippen molar-refractivity contribution < 1.29 is 0 Å². The van der Waals surface area contributed by atoms with Gasteiger partial charge in [0.25, 0.3) is 0 Å². The third-order valence-electron chi connectivity index (χ3n) is 2.67. The smallest absolute Gasteiger partial charge is 0.157 e. The number of benzene rings is 1. The second-order valence-corrected chi connectivity index (χ2v) is 5.26. The molecule has 0 atom stereocenters. The summed E-state index contributed by atoms with van der Waals surface area (Å²) in [4.78, 5) is 4.37. The molecule has 1 aromatic carbocycles. The summed E-state index contributed by atoms with van der Waals surface area (Å²) in [6, 6.07) is 8.89. The van der Waals surface area contributed by atoms with Crippen LogP contribution in [0.2, 0.25) is 0 Å². The van der Waals surface area contributed by atoms with Crippen LogP contribution in [0.15, 0.2) is 29.3 Å². The number of rotatable bonds is 3. The van der Waals surface area contributed by atoms with Crippen LogP contribution in [0.3, 0.4) is 0 Å². The van der Waals surface area contributed by atoms with E-state index in [0.29, 0.717) is 5.92 Å². The molecule has 0 fully saturated rings. The minimum Gasteiger partial charge on any atom is -0.363 e. The van der Waals surface area contributed by atoms with E-state index in [0.717, 1.165) is 24.0 Å². The summed E-state index contributed by atoms with van der Waals surface area (Å²) in [7, 11) is 0. The molecule has 0 unspecified atom stereocenters. The Morgan fingerprint density at radius 2 is 2.06 bits per heavy atom. The lowest BCUT2D eigenvalue weighted by Crippen LogP contribution is -2.14. The first kappa shape index (κ1) is 11.5. The predicted octanol–water partition coefficient (Wildman–Crippen LogP) is 3.00. The van der Waals surface area contributed by atoms with Gasteiger partial charge < -0.3 is 5.32 Å². The Hall–Kier alpha value is -0.960. The van der Waals surface area contributed by atoms with Crippen molar-refractivity contribution in [1.82, 2.24) is 5.32 Å². The largest absolute Gasteiger partial charge is 0.363 e. The van der Waals surface area contributed by atoms with Crippen molar-refractivity contribution in [3.8, 4) is 0 Å². The van der Waals surface area contributed by atoms with Gasteiger partial charge in [-0.3, -0.25) is 4.99 Å². The van der Waals surface area contributed by atoms with Crippen LogP contribution >= 0.6 is 11.8 Å². The Morgan fingerprint density at radius 1 is 1.31 bits per heavy atom. The summed E-state index contributed by atoms with van der Waals surface area (Å²) in [6.45, 7) is 6.37. The first-order chi connectivity index (χ1) is 7.75. The Labute approximate surface area is 102 Å². The first-order valence-corrected chi connectivity index (χ1v) is 6.74. The number of thioether (sulfide) groups is 1. The highest BCUT2D eigenvalue weighted by molar-refractivity contribution is 8.13. The van der Waals surface area contributed by atoms with Gasteiger partial charge in [0.2, 0.25) is 0 Å². The standard InChI is InChI=1S/C13H18N2S/c1-10(2)12-5-3-11(4-6-12)9-16-13-14-7-8-15-13/h3-6,10H,7-9H2,1-2H3,(H,14,15). The highest BCUT2D eigenvalue weighted by Gasteiger charge is 2.05. The van der Waals surface area contributed by atoms with Crippen molar-refractivity contribution in [1.29, 1.82) is 0 Å². The van der Waals surface area contributed by atoms with Crippen molar-refractivity contribution >= 4 is 16.9 Å². The molecule has 2 nitrogen and oxygen atoms in total. The summed E-state index contributed by atoms with van der Waals surface area (Å²) in [6.07, 6.45) is 0. The molecule has 0 saturated carbocycles. The van der Waals surface area contributed by atoms with Gasteiger partial charge in [0.1, 0.15) is 0 Å². The molecule has 3 heteroatoms. The van der Waals surface area contributed by atoms with Crippen molar-refractivity contribution in [3.63, 3.8) is 0 Å². The van der Waals surface area contributed by atoms with Gasteiger partial charge in [-0.15, -0.1) is 0 Å². The summed E-state index contributed by atoms with van der Waals surface area (Å²) < 4.78 is 0. The fraction of sp³-hybridized carbons (Fsp3) is 0.462. The van der Waals surface area contributed by atoms with E-state index in [1.165, 1.54) is 11.1 Å². The van der Waals surface area contributed by atoms with E-state index in [-0.39, 0.29) is 0 Å². The first-order valence-electron chi connectivity index (χ1n) is 5.75. The highest BCUT2D eigenvalue weighted by Crippen LogP contribution is 2.18. The summed E-state index contributed by atoms with van der Waals surface area (Å²) in [5.41, 5.74) is 2.77. The number of hydrogen-bond acceptors (Lipinski definition) is 3. The van der Waals surface area contributed by atoms with Gasteiger partial charge in [0, 0.05) is 12.3 Å². The Morgan fingerprint density at radius 3 is 2.62 bits per heavy atom. The minimum absolute atomic E-state index is 0.613. The summed E-state index contributed by atoms with van der Waals surface area (Å²) in [5.74, 6) is 1.62. The molecule has 16 heavy (non-hydrogen) atoms. The van der Waals surface area contributed by atoms with E-state index >= 15 is 0 Å². The second-order valence-electron chi connectivity index (χ2n) is 4.30. The van der Waals surface area contributed by atoms with Gasteiger partial charge in [-0.05, 0) is 17.0 Å². The maximum absolute atomic E-state index is 4.37. The SMILES string of the molecule is CC(C)c1ccc(CSC2=NCCN2)cc1. The van der Waals surface area contributed by atoms with Gasteiger partial charge in [-0.2, -0.15) is 0 Å². The van der Waals surface area contributed by atoms with E-state index in [1.54, 1.807) is 11.8 Å². The molecule has 0 radical (unpaired) electrons. The number of nitrogens with one attached hydrogen (secondary N) is 1. The molecular weight excluding hydrogens is 216 g/mol. The molecule has 1 N–H and O–H groups in total. The Kier molecular flexibility index (Phi) is 3.88. The van der Waals surface area contributed by atoms with Crippen molar-refractivity contribution in [2.75, 3.05) is 13.1 Å². The summed E-state index contributed by atoms with van der Waals surface area (Å²) >= 11 is 1.79.